The molecule has 0 bridgehead atoms. The average Bonchev–Trinajstić information content (AvgIpc) is 2.01. The van der Waals surface area contributed by atoms with Gasteiger partial charge in [-0.2, -0.15) is 0 Å². The summed E-state index contributed by atoms with van der Waals surface area (Å²) in [6, 6.07) is 8.79. The van der Waals surface area contributed by atoms with Gasteiger partial charge in [-0.3, -0.25) is 0 Å². The fraction of sp³-hybridized carbons (Fsp3) is 0.538. The zero-order valence-corrected chi connectivity index (χ0v) is 11.3. The van der Waals surface area contributed by atoms with Gasteiger partial charge in [-0.25, -0.2) is 0 Å². The van der Waals surface area contributed by atoms with Crippen LogP contribution in [0.1, 0.15) is 45.7 Å². The monoisotopic (exact) mass is 254 g/mol. The minimum atomic E-state index is 0.0637. The lowest BCUT2D eigenvalue weighted by Crippen LogP contribution is -2.14. The largest absolute Gasteiger partial charge is 0.0807 e. The Morgan fingerprint density at radius 2 is 1.43 bits per heavy atom. The van der Waals surface area contributed by atoms with Gasteiger partial charge in [0, 0.05) is 4.32 Å². The Hall–Kier alpha value is -0.300. The van der Waals surface area contributed by atoms with E-state index in [9.17, 15) is 0 Å². The van der Waals surface area contributed by atoms with Gasteiger partial charge in [0.15, 0.2) is 0 Å². The maximum Gasteiger partial charge on any atom is 0.0449 e. The second-order valence-corrected chi connectivity index (χ2v) is 7.29. The first kappa shape index (κ1) is 11.8. The van der Waals surface area contributed by atoms with Crippen molar-refractivity contribution in [2.75, 3.05) is 0 Å². The molecule has 14 heavy (non-hydrogen) atoms. The van der Waals surface area contributed by atoms with Crippen LogP contribution in [0.2, 0.25) is 0 Å². The molecule has 1 aromatic carbocycles. The van der Waals surface area contributed by atoms with Crippen molar-refractivity contribution in [1.29, 1.82) is 0 Å². The predicted molar refractivity (Wildman–Crippen MR) is 67.1 cm³/mol. The third-order valence-electron chi connectivity index (χ3n) is 2.42. The summed E-state index contributed by atoms with van der Waals surface area (Å²) >= 11 is 3.69. The van der Waals surface area contributed by atoms with E-state index in [-0.39, 0.29) is 9.74 Å². The molecular weight excluding hydrogens is 236 g/mol. The van der Waals surface area contributed by atoms with E-state index < -0.39 is 0 Å². The smallest absolute Gasteiger partial charge is 0.0449 e. The molecule has 1 aromatic rings. The highest BCUT2D eigenvalue weighted by Crippen LogP contribution is 2.32. The van der Waals surface area contributed by atoms with Crippen LogP contribution >= 0.6 is 15.9 Å². The van der Waals surface area contributed by atoms with Crippen molar-refractivity contribution >= 4 is 15.9 Å². The van der Waals surface area contributed by atoms with Crippen LogP contribution in [0.25, 0.3) is 0 Å². The molecular formula is C13H19Br. The van der Waals surface area contributed by atoms with Crippen LogP contribution in [0.3, 0.4) is 0 Å². The number of rotatable bonds is 1. The SMILES string of the molecule is CC(C)(C)c1cccc(C(C)(C)Br)c1. The van der Waals surface area contributed by atoms with E-state index in [4.69, 9.17) is 0 Å². The summed E-state index contributed by atoms with van der Waals surface area (Å²) in [6.07, 6.45) is 0. The molecule has 78 valence electrons. The van der Waals surface area contributed by atoms with Crippen LogP contribution in [0.15, 0.2) is 24.3 Å². The van der Waals surface area contributed by atoms with E-state index in [0.29, 0.717) is 0 Å². The molecule has 0 amide bonds. The summed E-state index contributed by atoms with van der Waals surface area (Å²) in [6.45, 7) is 11.1. The lowest BCUT2D eigenvalue weighted by Gasteiger charge is -2.23. The van der Waals surface area contributed by atoms with Crippen LogP contribution in [-0.4, -0.2) is 0 Å². The molecule has 0 heterocycles. The lowest BCUT2D eigenvalue weighted by molar-refractivity contribution is 0.588. The first-order chi connectivity index (χ1) is 6.21. The van der Waals surface area contributed by atoms with Gasteiger partial charge in [-0.15, -0.1) is 0 Å². The van der Waals surface area contributed by atoms with E-state index in [0.717, 1.165) is 0 Å². The summed E-state index contributed by atoms with van der Waals surface area (Å²) in [5, 5.41) is 0. The highest BCUT2D eigenvalue weighted by molar-refractivity contribution is 9.09. The molecule has 0 saturated heterocycles. The van der Waals surface area contributed by atoms with Crippen molar-refractivity contribution in [1.82, 2.24) is 0 Å². The highest BCUT2D eigenvalue weighted by Gasteiger charge is 2.19. The molecule has 0 fully saturated rings. The minimum absolute atomic E-state index is 0.0637. The van der Waals surface area contributed by atoms with Gasteiger partial charge in [0.2, 0.25) is 0 Å². The first-order valence-electron chi connectivity index (χ1n) is 5.01. The van der Waals surface area contributed by atoms with E-state index in [1.165, 1.54) is 11.1 Å². The Balaban J connectivity index is 3.15. The quantitative estimate of drug-likeness (QED) is 0.642. The van der Waals surface area contributed by atoms with Crippen molar-refractivity contribution in [2.24, 2.45) is 0 Å². The molecule has 0 unspecified atom stereocenters. The lowest BCUT2D eigenvalue weighted by atomic mass is 9.85. The van der Waals surface area contributed by atoms with Crippen molar-refractivity contribution in [3.63, 3.8) is 0 Å². The minimum Gasteiger partial charge on any atom is -0.0807 e. The van der Waals surface area contributed by atoms with Gasteiger partial charge in [-0.05, 0) is 30.4 Å². The number of halogens is 1. The Bertz CT molecular complexity index is 283. The van der Waals surface area contributed by atoms with Crippen LogP contribution in [0.5, 0.6) is 0 Å². The molecule has 0 aromatic heterocycles. The van der Waals surface area contributed by atoms with Gasteiger partial charge in [0.1, 0.15) is 0 Å². The molecule has 0 spiro atoms. The van der Waals surface area contributed by atoms with Gasteiger partial charge in [-0.1, -0.05) is 61.0 Å². The molecule has 1 rings (SSSR count). The molecule has 0 N–H and O–H groups in total. The predicted octanol–water partition coefficient (Wildman–Crippen LogP) is 4.61. The molecule has 0 saturated carbocycles. The zero-order chi connectivity index (χ0) is 11.0. The van der Waals surface area contributed by atoms with Crippen molar-refractivity contribution in [3.05, 3.63) is 35.4 Å². The second kappa shape index (κ2) is 3.69. The van der Waals surface area contributed by atoms with Crippen molar-refractivity contribution < 1.29 is 0 Å². The Kier molecular flexibility index (Phi) is 3.10. The normalized spacial score (nSPS) is 13.0. The first-order valence-corrected chi connectivity index (χ1v) is 5.80. The second-order valence-electron chi connectivity index (χ2n) is 5.30. The molecule has 0 aliphatic carbocycles. The Morgan fingerprint density at radius 1 is 0.929 bits per heavy atom. The Labute approximate surface area is 95.9 Å². The number of hydrogen-bond donors (Lipinski definition) is 0. The van der Waals surface area contributed by atoms with Crippen LogP contribution in [0, 0.1) is 0 Å². The van der Waals surface area contributed by atoms with E-state index in [1.807, 2.05) is 0 Å². The van der Waals surface area contributed by atoms with E-state index >= 15 is 0 Å². The molecule has 0 aliphatic heterocycles. The third-order valence-corrected chi connectivity index (χ3v) is 2.87. The number of hydrogen-bond acceptors (Lipinski definition) is 0. The third kappa shape index (κ3) is 2.84. The van der Waals surface area contributed by atoms with Crippen molar-refractivity contribution in [2.45, 2.75) is 44.4 Å². The van der Waals surface area contributed by atoms with E-state index in [2.05, 4.69) is 74.8 Å². The van der Waals surface area contributed by atoms with Gasteiger partial charge in [0.05, 0.1) is 0 Å². The summed E-state index contributed by atoms with van der Waals surface area (Å²) in [5.41, 5.74) is 2.96. The van der Waals surface area contributed by atoms with E-state index in [1.54, 1.807) is 0 Å². The average molecular weight is 255 g/mol. The topological polar surface area (TPSA) is 0 Å². The fourth-order valence-electron chi connectivity index (χ4n) is 1.36. The maximum absolute atomic E-state index is 3.69. The number of benzene rings is 1. The fourth-order valence-corrected chi connectivity index (χ4v) is 1.60. The summed E-state index contributed by atoms with van der Waals surface area (Å²) in [5.74, 6) is 0. The number of alkyl halides is 1. The van der Waals surface area contributed by atoms with Gasteiger partial charge >= 0.3 is 0 Å². The zero-order valence-electron chi connectivity index (χ0n) is 9.69. The summed E-state index contributed by atoms with van der Waals surface area (Å²) in [4.78, 5) is 0. The van der Waals surface area contributed by atoms with Gasteiger partial charge in [0.25, 0.3) is 0 Å². The van der Waals surface area contributed by atoms with Crippen LogP contribution in [-0.2, 0) is 9.74 Å². The molecule has 0 atom stereocenters. The molecule has 0 radical (unpaired) electrons. The summed E-state index contributed by atoms with van der Waals surface area (Å²) in [7, 11) is 0. The van der Waals surface area contributed by atoms with Crippen molar-refractivity contribution in [3.8, 4) is 0 Å². The molecule has 1 heteroatoms. The van der Waals surface area contributed by atoms with Crippen LogP contribution in [0.4, 0.5) is 0 Å². The summed E-state index contributed by atoms with van der Waals surface area (Å²) < 4.78 is 0.0637. The molecule has 0 nitrogen and oxygen atoms in total. The van der Waals surface area contributed by atoms with Gasteiger partial charge < -0.3 is 0 Å². The standard InChI is InChI=1S/C13H19Br/c1-12(2,3)10-7-6-8-11(9-10)13(4,5)14/h6-9H,1-5H3. The highest BCUT2D eigenvalue weighted by atomic mass is 79.9. The maximum atomic E-state index is 3.69. The Morgan fingerprint density at radius 3 is 1.86 bits per heavy atom. The van der Waals surface area contributed by atoms with Crippen LogP contribution < -0.4 is 0 Å². The molecule has 0 aliphatic rings.